The van der Waals surface area contributed by atoms with Crippen LogP contribution in [0.25, 0.3) is 0 Å². The molecule has 0 radical (unpaired) electrons. The molecule has 1 aliphatic heterocycles. The SMILES string of the molecule is CC1OCCC1C(=O)NOCc1ccccc1. The second-order valence-corrected chi connectivity index (χ2v) is 4.21. The molecule has 1 aliphatic rings. The van der Waals surface area contributed by atoms with Crippen LogP contribution in [0.4, 0.5) is 0 Å². The van der Waals surface area contributed by atoms with Gasteiger partial charge >= 0.3 is 0 Å². The van der Waals surface area contributed by atoms with Gasteiger partial charge in [0.15, 0.2) is 0 Å². The first-order valence-corrected chi connectivity index (χ1v) is 5.84. The minimum atomic E-state index is -0.0919. The van der Waals surface area contributed by atoms with Crippen LogP contribution in [0.2, 0.25) is 0 Å². The summed E-state index contributed by atoms with van der Waals surface area (Å²) in [7, 11) is 0. The van der Waals surface area contributed by atoms with Crippen LogP contribution in [0.5, 0.6) is 0 Å². The predicted octanol–water partition coefficient (Wildman–Crippen LogP) is 1.66. The topological polar surface area (TPSA) is 47.6 Å². The molecule has 0 bridgehead atoms. The number of benzene rings is 1. The molecule has 1 N–H and O–H groups in total. The molecule has 1 aromatic rings. The van der Waals surface area contributed by atoms with Gasteiger partial charge in [0.25, 0.3) is 0 Å². The number of carbonyl (C=O) groups excluding carboxylic acids is 1. The van der Waals surface area contributed by atoms with E-state index in [1.165, 1.54) is 0 Å². The van der Waals surface area contributed by atoms with Crippen LogP contribution in [0.15, 0.2) is 30.3 Å². The lowest BCUT2D eigenvalue weighted by Gasteiger charge is -2.13. The highest BCUT2D eigenvalue weighted by molar-refractivity contribution is 5.78. The minimum absolute atomic E-state index is 0.0182. The molecule has 1 amide bonds. The molecular weight excluding hydrogens is 218 g/mol. The van der Waals surface area contributed by atoms with Crippen molar-refractivity contribution in [3.8, 4) is 0 Å². The highest BCUT2D eigenvalue weighted by Gasteiger charge is 2.30. The molecule has 1 aromatic carbocycles. The van der Waals surface area contributed by atoms with E-state index in [9.17, 15) is 4.79 Å². The fourth-order valence-electron chi connectivity index (χ4n) is 1.92. The number of carbonyl (C=O) groups is 1. The summed E-state index contributed by atoms with van der Waals surface area (Å²) in [5, 5.41) is 0. The van der Waals surface area contributed by atoms with E-state index in [0.717, 1.165) is 12.0 Å². The molecule has 2 unspecified atom stereocenters. The molecule has 1 saturated heterocycles. The Balaban J connectivity index is 1.73. The molecule has 0 spiro atoms. The van der Waals surface area contributed by atoms with E-state index in [-0.39, 0.29) is 17.9 Å². The van der Waals surface area contributed by atoms with Crippen LogP contribution in [-0.4, -0.2) is 18.6 Å². The first-order chi connectivity index (χ1) is 8.27. The summed E-state index contributed by atoms with van der Waals surface area (Å²) in [5.41, 5.74) is 3.52. The van der Waals surface area contributed by atoms with Crippen molar-refractivity contribution in [2.45, 2.75) is 26.1 Å². The highest BCUT2D eigenvalue weighted by atomic mass is 16.7. The molecular formula is C13H17NO3. The van der Waals surface area contributed by atoms with Gasteiger partial charge in [-0.25, -0.2) is 5.48 Å². The van der Waals surface area contributed by atoms with E-state index in [1.807, 2.05) is 37.3 Å². The van der Waals surface area contributed by atoms with Gasteiger partial charge in [-0.05, 0) is 18.9 Å². The summed E-state index contributed by atoms with van der Waals surface area (Å²) in [6.45, 7) is 2.95. The van der Waals surface area contributed by atoms with E-state index in [0.29, 0.717) is 13.2 Å². The van der Waals surface area contributed by atoms with Crippen molar-refractivity contribution in [1.82, 2.24) is 5.48 Å². The van der Waals surface area contributed by atoms with Crippen molar-refractivity contribution in [1.29, 1.82) is 0 Å². The van der Waals surface area contributed by atoms with Gasteiger partial charge in [-0.1, -0.05) is 30.3 Å². The van der Waals surface area contributed by atoms with E-state index in [4.69, 9.17) is 9.57 Å². The third-order valence-electron chi connectivity index (χ3n) is 2.97. The number of rotatable bonds is 4. The van der Waals surface area contributed by atoms with Crippen molar-refractivity contribution in [3.05, 3.63) is 35.9 Å². The van der Waals surface area contributed by atoms with Crippen LogP contribution in [-0.2, 0) is 21.0 Å². The molecule has 0 aromatic heterocycles. The largest absolute Gasteiger partial charge is 0.378 e. The molecule has 1 heterocycles. The quantitative estimate of drug-likeness (QED) is 0.807. The van der Waals surface area contributed by atoms with Crippen molar-refractivity contribution < 1.29 is 14.4 Å². The smallest absolute Gasteiger partial charge is 0.249 e. The van der Waals surface area contributed by atoms with Crippen molar-refractivity contribution >= 4 is 5.91 Å². The highest BCUT2D eigenvalue weighted by Crippen LogP contribution is 2.20. The predicted molar refractivity (Wildman–Crippen MR) is 62.9 cm³/mol. The summed E-state index contributed by atoms with van der Waals surface area (Å²) in [4.78, 5) is 16.9. The lowest BCUT2D eigenvalue weighted by Crippen LogP contribution is -2.34. The maximum Gasteiger partial charge on any atom is 0.249 e. The van der Waals surface area contributed by atoms with Crippen LogP contribution >= 0.6 is 0 Å². The average Bonchev–Trinajstić information content (AvgIpc) is 2.77. The Labute approximate surface area is 101 Å². The van der Waals surface area contributed by atoms with Gasteiger partial charge in [0.1, 0.15) is 0 Å². The summed E-state index contributed by atoms with van der Waals surface area (Å²) in [6.07, 6.45) is 0.747. The average molecular weight is 235 g/mol. The summed E-state index contributed by atoms with van der Waals surface area (Å²) in [6, 6.07) is 9.72. The Bertz CT molecular complexity index is 366. The van der Waals surface area contributed by atoms with Gasteiger partial charge in [-0.2, -0.15) is 0 Å². The molecule has 2 atom stereocenters. The zero-order valence-electron chi connectivity index (χ0n) is 9.89. The Kier molecular flexibility index (Phi) is 4.12. The molecule has 17 heavy (non-hydrogen) atoms. The first-order valence-electron chi connectivity index (χ1n) is 5.84. The number of nitrogens with one attached hydrogen (secondary N) is 1. The lowest BCUT2D eigenvalue weighted by atomic mass is 10.0. The minimum Gasteiger partial charge on any atom is -0.378 e. The number of amides is 1. The number of hydrogen-bond acceptors (Lipinski definition) is 3. The van der Waals surface area contributed by atoms with Gasteiger partial charge in [0, 0.05) is 6.61 Å². The third-order valence-corrected chi connectivity index (χ3v) is 2.97. The monoisotopic (exact) mass is 235 g/mol. The van der Waals surface area contributed by atoms with Crippen molar-refractivity contribution in [3.63, 3.8) is 0 Å². The normalized spacial score (nSPS) is 23.6. The van der Waals surface area contributed by atoms with Gasteiger partial charge in [0.05, 0.1) is 18.6 Å². The number of ether oxygens (including phenoxy) is 1. The molecule has 1 fully saturated rings. The molecule has 4 nitrogen and oxygen atoms in total. The fourth-order valence-corrected chi connectivity index (χ4v) is 1.92. The third kappa shape index (κ3) is 3.28. The Morgan fingerprint density at radius 1 is 1.47 bits per heavy atom. The van der Waals surface area contributed by atoms with Gasteiger partial charge in [-0.15, -0.1) is 0 Å². The lowest BCUT2D eigenvalue weighted by molar-refractivity contribution is -0.140. The standard InChI is InChI=1S/C13H17NO3/c1-10-12(7-8-16-10)13(15)14-17-9-11-5-3-2-4-6-11/h2-6,10,12H,7-9H2,1H3,(H,14,15). The van der Waals surface area contributed by atoms with Gasteiger partial charge < -0.3 is 4.74 Å². The maximum atomic E-state index is 11.7. The number of hydrogen-bond donors (Lipinski definition) is 1. The second kappa shape index (κ2) is 5.80. The summed E-state index contributed by atoms with van der Waals surface area (Å²) in [5.74, 6) is -0.184. The zero-order chi connectivity index (χ0) is 12.1. The van der Waals surface area contributed by atoms with E-state index < -0.39 is 0 Å². The summed E-state index contributed by atoms with van der Waals surface area (Å²) >= 11 is 0. The Morgan fingerprint density at radius 3 is 2.88 bits per heavy atom. The van der Waals surface area contributed by atoms with Crippen molar-refractivity contribution in [2.75, 3.05) is 6.61 Å². The fraction of sp³-hybridized carbons (Fsp3) is 0.462. The summed E-state index contributed by atoms with van der Waals surface area (Å²) < 4.78 is 5.33. The van der Waals surface area contributed by atoms with E-state index in [2.05, 4.69) is 5.48 Å². The van der Waals surface area contributed by atoms with Crippen LogP contribution in [0, 0.1) is 5.92 Å². The molecule has 0 aliphatic carbocycles. The van der Waals surface area contributed by atoms with Gasteiger partial charge in [0.2, 0.25) is 5.91 Å². The van der Waals surface area contributed by atoms with E-state index >= 15 is 0 Å². The molecule has 2 rings (SSSR count). The van der Waals surface area contributed by atoms with Gasteiger partial charge in [-0.3, -0.25) is 9.63 Å². The van der Waals surface area contributed by atoms with Crippen LogP contribution < -0.4 is 5.48 Å². The zero-order valence-corrected chi connectivity index (χ0v) is 9.89. The van der Waals surface area contributed by atoms with E-state index in [1.54, 1.807) is 0 Å². The van der Waals surface area contributed by atoms with Crippen molar-refractivity contribution in [2.24, 2.45) is 5.92 Å². The number of hydroxylamine groups is 1. The molecule has 0 saturated carbocycles. The maximum absolute atomic E-state index is 11.7. The van der Waals surface area contributed by atoms with Crippen LogP contribution in [0.3, 0.4) is 0 Å². The Morgan fingerprint density at radius 2 is 2.24 bits per heavy atom. The molecule has 92 valence electrons. The van der Waals surface area contributed by atoms with Crippen LogP contribution in [0.1, 0.15) is 18.9 Å². The first kappa shape index (κ1) is 12.1. The molecule has 4 heteroatoms. The second-order valence-electron chi connectivity index (χ2n) is 4.21. The Hall–Kier alpha value is -1.39.